The van der Waals surface area contributed by atoms with Gasteiger partial charge >= 0.3 is 12.1 Å². The first-order valence-corrected chi connectivity index (χ1v) is 4.80. The predicted octanol–water partition coefficient (Wildman–Crippen LogP) is 2.53. The van der Waals surface area contributed by atoms with Crippen LogP contribution in [-0.2, 0) is 0 Å². The van der Waals surface area contributed by atoms with Crippen molar-refractivity contribution in [3.05, 3.63) is 23.7 Å². The van der Waals surface area contributed by atoms with Crippen LogP contribution in [0.5, 0.6) is 0 Å². The van der Waals surface area contributed by atoms with E-state index in [0.717, 1.165) is 4.90 Å². The standard InChI is InChI=1S/C10H12F3NO3/c1-6(14(2)5-10(11,12)13)7-3-4-8(17-7)9(15)16/h3-4,6H,5H2,1-2H3,(H,15,16). The zero-order valence-corrected chi connectivity index (χ0v) is 9.28. The minimum atomic E-state index is -4.30. The molecule has 4 nitrogen and oxygen atoms in total. The van der Waals surface area contributed by atoms with E-state index in [9.17, 15) is 18.0 Å². The molecular formula is C10H12F3NO3. The molecule has 1 heterocycles. The molecule has 0 saturated carbocycles. The average Bonchev–Trinajstić information content (AvgIpc) is 2.62. The molecule has 1 aromatic rings. The topological polar surface area (TPSA) is 53.7 Å². The molecule has 0 saturated heterocycles. The van der Waals surface area contributed by atoms with E-state index in [1.807, 2.05) is 0 Å². The fourth-order valence-electron chi connectivity index (χ4n) is 1.33. The van der Waals surface area contributed by atoms with Crippen molar-refractivity contribution in [2.75, 3.05) is 13.6 Å². The molecule has 0 aliphatic carbocycles. The summed E-state index contributed by atoms with van der Waals surface area (Å²) in [5, 5.41) is 8.62. The Morgan fingerprint density at radius 2 is 2.12 bits per heavy atom. The van der Waals surface area contributed by atoms with Gasteiger partial charge < -0.3 is 9.52 Å². The first kappa shape index (κ1) is 13.6. The van der Waals surface area contributed by atoms with Crippen LogP contribution in [-0.4, -0.2) is 35.7 Å². The number of aromatic carboxylic acids is 1. The predicted molar refractivity (Wildman–Crippen MR) is 52.8 cm³/mol. The van der Waals surface area contributed by atoms with Crippen LogP contribution in [0.4, 0.5) is 13.2 Å². The number of carboxylic acid groups (broad SMARTS) is 1. The molecule has 1 atom stereocenters. The monoisotopic (exact) mass is 251 g/mol. The molecule has 1 unspecified atom stereocenters. The molecule has 0 aliphatic heterocycles. The highest BCUT2D eigenvalue weighted by Gasteiger charge is 2.32. The number of hydrogen-bond acceptors (Lipinski definition) is 3. The Balaban J connectivity index is 2.74. The van der Waals surface area contributed by atoms with Crippen molar-refractivity contribution in [1.29, 1.82) is 0 Å². The van der Waals surface area contributed by atoms with Gasteiger partial charge in [-0.05, 0) is 26.1 Å². The maximum absolute atomic E-state index is 12.1. The Hall–Kier alpha value is -1.50. The van der Waals surface area contributed by atoms with E-state index in [2.05, 4.69) is 0 Å². The van der Waals surface area contributed by atoms with Crippen molar-refractivity contribution in [1.82, 2.24) is 4.90 Å². The second kappa shape index (κ2) is 4.79. The number of furan rings is 1. The molecule has 1 N–H and O–H groups in total. The van der Waals surface area contributed by atoms with Crippen molar-refractivity contribution in [3.63, 3.8) is 0 Å². The smallest absolute Gasteiger partial charge is 0.401 e. The first-order chi connectivity index (χ1) is 7.70. The summed E-state index contributed by atoms with van der Waals surface area (Å²) in [6.07, 6.45) is -4.30. The summed E-state index contributed by atoms with van der Waals surface area (Å²) in [5.41, 5.74) is 0. The SMILES string of the molecule is CC(c1ccc(C(=O)O)o1)N(C)CC(F)(F)F. The van der Waals surface area contributed by atoms with Gasteiger partial charge in [-0.1, -0.05) is 0 Å². The Morgan fingerprint density at radius 1 is 1.53 bits per heavy atom. The molecule has 1 aromatic heterocycles. The lowest BCUT2D eigenvalue weighted by Gasteiger charge is -2.23. The average molecular weight is 251 g/mol. The maximum atomic E-state index is 12.1. The highest BCUT2D eigenvalue weighted by Crippen LogP contribution is 2.25. The van der Waals surface area contributed by atoms with Crippen LogP contribution in [0.15, 0.2) is 16.5 Å². The minimum absolute atomic E-state index is 0.189. The zero-order valence-electron chi connectivity index (χ0n) is 9.28. The number of carbonyl (C=O) groups is 1. The Morgan fingerprint density at radius 3 is 2.53 bits per heavy atom. The maximum Gasteiger partial charge on any atom is 0.401 e. The van der Waals surface area contributed by atoms with Gasteiger partial charge in [0.25, 0.3) is 0 Å². The van der Waals surface area contributed by atoms with Crippen molar-refractivity contribution >= 4 is 5.97 Å². The van der Waals surface area contributed by atoms with Crippen LogP contribution in [0.2, 0.25) is 0 Å². The van der Waals surface area contributed by atoms with Crippen LogP contribution in [0, 0.1) is 0 Å². The zero-order chi connectivity index (χ0) is 13.2. The fraction of sp³-hybridized carbons (Fsp3) is 0.500. The molecule has 0 aliphatic rings. The number of nitrogens with zero attached hydrogens (tertiary/aromatic N) is 1. The molecule has 0 bridgehead atoms. The summed E-state index contributed by atoms with van der Waals surface area (Å²) in [6, 6.07) is 1.93. The van der Waals surface area contributed by atoms with E-state index in [0.29, 0.717) is 0 Å². The van der Waals surface area contributed by atoms with Crippen LogP contribution in [0.1, 0.15) is 29.3 Å². The van der Waals surface area contributed by atoms with Crippen LogP contribution in [0.3, 0.4) is 0 Å². The van der Waals surface area contributed by atoms with Gasteiger partial charge in [-0.25, -0.2) is 4.79 Å². The summed E-state index contributed by atoms with van der Waals surface area (Å²) >= 11 is 0. The summed E-state index contributed by atoms with van der Waals surface area (Å²) in [6.45, 7) is 0.424. The van der Waals surface area contributed by atoms with Crippen LogP contribution < -0.4 is 0 Å². The molecule has 0 amide bonds. The summed E-state index contributed by atoms with van der Waals surface area (Å²) < 4.78 is 41.4. The van der Waals surface area contributed by atoms with Crippen LogP contribution in [0.25, 0.3) is 0 Å². The van der Waals surface area contributed by atoms with Gasteiger partial charge in [0.2, 0.25) is 5.76 Å². The van der Waals surface area contributed by atoms with Gasteiger partial charge in [-0.2, -0.15) is 13.2 Å². The van der Waals surface area contributed by atoms with Crippen molar-refractivity contribution in [3.8, 4) is 0 Å². The van der Waals surface area contributed by atoms with E-state index in [4.69, 9.17) is 9.52 Å². The first-order valence-electron chi connectivity index (χ1n) is 4.80. The van der Waals surface area contributed by atoms with Crippen molar-refractivity contribution in [2.45, 2.75) is 19.1 Å². The van der Waals surface area contributed by atoms with Crippen LogP contribution >= 0.6 is 0 Å². The summed E-state index contributed by atoms with van der Waals surface area (Å²) in [4.78, 5) is 11.6. The van der Waals surface area contributed by atoms with Gasteiger partial charge in [0.1, 0.15) is 5.76 Å². The largest absolute Gasteiger partial charge is 0.475 e. The van der Waals surface area contributed by atoms with E-state index in [-0.39, 0.29) is 11.5 Å². The second-order valence-electron chi connectivity index (χ2n) is 3.71. The van der Waals surface area contributed by atoms with Gasteiger partial charge in [0.15, 0.2) is 0 Å². The number of rotatable bonds is 4. The Labute approximate surface area is 95.6 Å². The number of carboxylic acids is 1. The third-order valence-electron chi connectivity index (χ3n) is 2.34. The summed E-state index contributed by atoms with van der Waals surface area (Å²) in [5.74, 6) is -1.34. The number of alkyl halides is 3. The number of hydrogen-bond donors (Lipinski definition) is 1. The van der Waals surface area contributed by atoms with E-state index in [1.54, 1.807) is 0 Å². The lowest BCUT2D eigenvalue weighted by Crippen LogP contribution is -2.32. The second-order valence-corrected chi connectivity index (χ2v) is 3.71. The molecule has 96 valence electrons. The molecule has 0 spiro atoms. The third-order valence-corrected chi connectivity index (χ3v) is 2.34. The highest BCUT2D eigenvalue weighted by molar-refractivity contribution is 5.84. The molecule has 0 aromatic carbocycles. The van der Waals surface area contributed by atoms with Gasteiger partial charge in [0, 0.05) is 0 Å². The Bertz CT molecular complexity index is 400. The highest BCUT2D eigenvalue weighted by atomic mass is 19.4. The molecule has 0 fully saturated rings. The summed E-state index contributed by atoms with van der Waals surface area (Å²) in [7, 11) is 1.29. The van der Waals surface area contributed by atoms with E-state index in [1.165, 1.54) is 26.1 Å². The van der Waals surface area contributed by atoms with Gasteiger partial charge in [-0.15, -0.1) is 0 Å². The lowest BCUT2D eigenvalue weighted by molar-refractivity contribution is -0.147. The third kappa shape index (κ3) is 3.77. The minimum Gasteiger partial charge on any atom is -0.475 e. The Kier molecular flexibility index (Phi) is 3.82. The van der Waals surface area contributed by atoms with E-state index >= 15 is 0 Å². The number of halogens is 3. The molecular weight excluding hydrogens is 239 g/mol. The normalized spacial score (nSPS) is 14.0. The molecule has 7 heteroatoms. The molecule has 1 rings (SSSR count). The molecule has 0 radical (unpaired) electrons. The molecule has 17 heavy (non-hydrogen) atoms. The quantitative estimate of drug-likeness (QED) is 0.893. The van der Waals surface area contributed by atoms with Gasteiger partial charge in [0.05, 0.1) is 12.6 Å². The lowest BCUT2D eigenvalue weighted by atomic mass is 10.2. The fourth-order valence-corrected chi connectivity index (χ4v) is 1.33. The van der Waals surface area contributed by atoms with Crippen molar-refractivity contribution in [2.24, 2.45) is 0 Å². The van der Waals surface area contributed by atoms with Crippen molar-refractivity contribution < 1.29 is 27.5 Å². The van der Waals surface area contributed by atoms with E-state index < -0.39 is 24.7 Å². The van der Waals surface area contributed by atoms with Gasteiger partial charge in [-0.3, -0.25) is 4.90 Å².